The molecule has 2 rings (SSSR count). The summed E-state index contributed by atoms with van der Waals surface area (Å²) in [5.74, 6) is 0. The highest BCUT2D eigenvalue weighted by atomic mass is 32.1. The maximum absolute atomic E-state index is 5.15. The summed E-state index contributed by atoms with van der Waals surface area (Å²) < 4.78 is 5.69. The van der Waals surface area contributed by atoms with Gasteiger partial charge in [0.2, 0.25) is 0 Å². The average Bonchev–Trinajstić information content (AvgIpc) is 2.70. The van der Waals surface area contributed by atoms with E-state index in [4.69, 9.17) is 16.6 Å². The summed E-state index contributed by atoms with van der Waals surface area (Å²) in [4.78, 5) is 7.14. The number of furan rings is 1. The first-order valence-electron chi connectivity index (χ1n) is 4.42. The zero-order chi connectivity index (χ0) is 9.97. The van der Waals surface area contributed by atoms with E-state index in [2.05, 4.69) is 16.9 Å². The minimum absolute atomic E-state index is 0.655. The molecule has 0 spiro atoms. The second-order valence-electron chi connectivity index (χ2n) is 2.93. The molecule has 0 aromatic carbocycles. The lowest BCUT2D eigenvalue weighted by molar-refractivity contribution is 0.568. The van der Waals surface area contributed by atoms with Crippen LogP contribution in [0.3, 0.4) is 0 Å². The molecule has 3 nitrogen and oxygen atoms in total. The molecule has 14 heavy (non-hydrogen) atoms. The van der Waals surface area contributed by atoms with Crippen molar-refractivity contribution in [2.45, 2.75) is 13.3 Å². The van der Waals surface area contributed by atoms with Crippen molar-refractivity contribution < 1.29 is 4.42 Å². The van der Waals surface area contributed by atoms with Gasteiger partial charge in [-0.1, -0.05) is 19.1 Å². The van der Waals surface area contributed by atoms with Gasteiger partial charge >= 0.3 is 0 Å². The molecule has 4 heteroatoms. The van der Waals surface area contributed by atoms with Crippen molar-refractivity contribution in [1.29, 1.82) is 0 Å². The van der Waals surface area contributed by atoms with Crippen molar-refractivity contribution in [1.82, 2.24) is 9.97 Å². The molecule has 2 heterocycles. The third-order valence-electron chi connectivity index (χ3n) is 2.11. The van der Waals surface area contributed by atoms with E-state index in [0.29, 0.717) is 4.64 Å². The summed E-state index contributed by atoms with van der Waals surface area (Å²) in [6.07, 6.45) is 5.82. The maximum atomic E-state index is 5.15. The molecule has 0 aliphatic rings. The van der Waals surface area contributed by atoms with Crippen LogP contribution in [0, 0.1) is 4.64 Å². The van der Waals surface area contributed by atoms with E-state index in [-0.39, 0.29) is 0 Å². The Morgan fingerprint density at radius 2 is 2.43 bits per heavy atom. The van der Waals surface area contributed by atoms with Crippen LogP contribution in [-0.2, 0) is 6.42 Å². The van der Waals surface area contributed by atoms with Crippen molar-refractivity contribution in [2.75, 3.05) is 0 Å². The van der Waals surface area contributed by atoms with E-state index < -0.39 is 0 Å². The van der Waals surface area contributed by atoms with E-state index in [0.717, 1.165) is 23.2 Å². The van der Waals surface area contributed by atoms with E-state index >= 15 is 0 Å². The molecule has 0 bridgehead atoms. The first-order valence-corrected chi connectivity index (χ1v) is 4.83. The molecule has 72 valence electrons. The predicted molar refractivity (Wildman–Crippen MR) is 56.5 cm³/mol. The molecule has 0 radical (unpaired) electrons. The first kappa shape index (κ1) is 9.15. The number of hydrogen-bond donors (Lipinski definition) is 1. The van der Waals surface area contributed by atoms with Gasteiger partial charge in [0.15, 0.2) is 0 Å². The van der Waals surface area contributed by atoms with Crippen LogP contribution in [0.2, 0.25) is 0 Å². The maximum Gasteiger partial charge on any atom is 0.133 e. The highest BCUT2D eigenvalue weighted by molar-refractivity contribution is 7.71. The number of rotatable bonds is 2. The largest absolute Gasteiger partial charge is 0.472 e. The van der Waals surface area contributed by atoms with Gasteiger partial charge < -0.3 is 9.40 Å². The third-order valence-corrected chi connectivity index (χ3v) is 2.47. The topological polar surface area (TPSA) is 41.8 Å². The monoisotopic (exact) mass is 206 g/mol. The number of hydrogen-bond acceptors (Lipinski definition) is 3. The summed E-state index contributed by atoms with van der Waals surface area (Å²) in [7, 11) is 0. The molecule has 1 N–H and O–H groups in total. The number of nitrogens with one attached hydrogen (secondary N) is 1. The van der Waals surface area contributed by atoms with Gasteiger partial charge in [0, 0.05) is 11.1 Å². The molecule has 0 aliphatic carbocycles. The zero-order valence-corrected chi connectivity index (χ0v) is 8.60. The van der Waals surface area contributed by atoms with Crippen molar-refractivity contribution in [3.05, 3.63) is 35.1 Å². The van der Waals surface area contributed by atoms with Crippen LogP contribution >= 0.6 is 12.2 Å². The Bertz CT molecular complexity index is 473. The fourth-order valence-electron chi connectivity index (χ4n) is 1.42. The molecule has 0 saturated carbocycles. The summed E-state index contributed by atoms with van der Waals surface area (Å²) in [5, 5.41) is 0. The molecule has 2 aromatic rings. The van der Waals surface area contributed by atoms with E-state index in [1.807, 2.05) is 6.07 Å². The van der Waals surface area contributed by atoms with Crippen LogP contribution in [-0.4, -0.2) is 9.97 Å². The second-order valence-corrected chi connectivity index (χ2v) is 3.31. The van der Waals surface area contributed by atoms with E-state index in [1.54, 1.807) is 18.9 Å². The highest BCUT2D eigenvalue weighted by Gasteiger charge is 2.06. The molecular formula is C10H10N2OS. The van der Waals surface area contributed by atoms with Gasteiger partial charge in [-0.25, -0.2) is 4.98 Å². The van der Waals surface area contributed by atoms with Gasteiger partial charge in [-0.15, -0.1) is 0 Å². The number of H-pyrrole nitrogens is 1. The fourth-order valence-corrected chi connectivity index (χ4v) is 1.72. The van der Waals surface area contributed by atoms with Crippen LogP contribution < -0.4 is 0 Å². The van der Waals surface area contributed by atoms with Crippen molar-refractivity contribution in [3.8, 4) is 11.3 Å². The van der Waals surface area contributed by atoms with Crippen molar-refractivity contribution in [2.24, 2.45) is 0 Å². The number of aromatic nitrogens is 2. The Kier molecular flexibility index (Phi) is 2.45. The average molecular weight is 206 g/mol. The summed E-state index contributed by atoms with van der Waals surface area (Å²) >= 11 is 5.15. The van der Waals surface area contributed by atoms with Gasteiger partial charge in [-0.2, -0.15) is 0 Å². The molecule has 0 unspecified atom stereocenters. The minimum atomic E-state index is 0.655. The highest BCUT2D eigenvalue weighted by Crippen LogP contribution is 2.21. The SMILES string of the molecule is CCc1c(-c2ccoc2)[nH]cnc1=S. The molecule has 0 amide bonds. The molecule has 2 aromatic heterocycles. The minimum Gasteiger partial charge on any atom is -0.472 e. The van der Waals surface area contributed by atoms with Gasteiger partial charge in [-0.05, 0) is 12.5 Å². The summed E-state index contributed by atoms with van der Waals surface area (Å²) in [6, 6.07) is 1.90. The lowest BCUT2D eigenvalue weighted by Crippen LogP contribution is -1.93. The molecule has 0 atom stereocenters. The predicted octanol–water partition coefficient (Wildman–Crippen LogP) is 2.96. The van der Waals surface area contributed by atoms with Crippen LogP contribution in [0.25, 0.3) is 11.3 Å². The Balaban J connectivity index is 2.64. The number of nitrogens with zero attached hydrogens (tertiary/aromatic N) is 1. The quantitative estimate of drug-likeness (QED) is 0.768. The molecular weight excluding hydrogens is 196 g/mol. The Labute approximate surface area is 86.8 Å². The summed E-state index contributed by atoms with van der Waals surface area (Å²) in [6.45, 7) is 2.06. The molecule has 0 saturated heterocycles. The standard InChI is InChI=1S/C10H10N2OS/c1-2-8-9(7-3-4-13-5-7)11-6-12-10(8)14/h3-6H,2H2,1H3,(H,11,12,14). The molecule has 0 fully saturated rings. The summed E-state index contributed by atoms with van der Waals surface area (Å²) in [5.41, 5.74) is 3.07. The fraction of sp³-hybridized carbons (Fsp3) is 0.200. The van der Waals surface area contributed by atoms with E-state index in [1.165, 1.54) is 0 Å². The van der Waals surface area contributed by atoms with Gasteiger partial charge in [-0.3, -0.25) is 0 Å². The lowest BCUT2D eigenvalue weighted by atomic mass is 10.1. The first-order chi connectivity index (χ1) is 6.83. The lowest BCUT2D eigenvalue weighted by Gasteiger charge is -2.04. The molecule has 0 aliphatic heterocycles. The van der Waals surface area contributed by atoms with Gasteiger partial charge in [0.1, 0.15) is 4.64 Å². The van der Waals surface area contributed by atoms with Crippen molar-refractivity contribution >= 4 is 12.2 Å². The second kappa shape index (κ2) is 3.75. The normalized spacial score (nSPS) is 10.4. The van der Waals surface area contributed by atoms with Crippen LogP contribution in [0.1, 0.15) is 12.5 Å². The van der Waals surface area contributed by atoms with Crippen LogP contribution in [0.5, 0.6) is 0 Å². The zero-order valence-electron chi connectivity index (χ0n) is 7.78. The van der Waals surface area contributed by atoms with Gasteiger partial charge in [0.05, 0.1) is 24.5 Å². The Hall–Kier alpha value is -1.42. The number of aromatic amines is 1. The van der Waals surface area contributed by atoms with E-state index in [9.17, 15) is 0 Å². The van der Waals surface area contributed by atoms with Crippen LogP contribution in [0.4, 0.5) is 0 Å². The van der Waals surface area contributed by atoms with Crippen LogP contribution in [0.15, 0.2) is 29.3 Å². The Morgan fingerprint density at radius 1 is 1.57 bits per heavy atom. The smallest absolute Gasteiger partial charge is 0.133 e. The van der Waals surface area contributed by atoms with Crippen molar-refractivity contribution in [3.63, 3.8) is 0 Å². The third kappa shape index (κ3) is 1.48. The van der Waals surface area contributed by atoms with Gasteiger partial charge in [0.25, 0.3) is 0 Å². The Morgan fingerprint density at radius 3 is 3.07 bits per heavy atom.